The third-order valence-electron chi connectivity index (χ3n) is 2.34. The van der Waals surface area contributed by atoms with Crippen molar-refractivity contribution in [2.45, 2.75) is 13.0 Å². The van der Waals surface area contributed by atoms with Crippen molar-refractivity contribution in [2.75, 3.05) is 24.6 Å². The first-order valence-electron chi connectivity index (χ1n) is 5.21. The summed E-state index contributed by atoms with van der Waals surface area (Å²) in [4.78, 5) is 1.44. The molecular formula is C11H15BrF2N2O. The van der Waals surface area contributed by atoms with Crippen molar-refractivity contribution < 1.29 is 13.9 Å². The van der Waals surface area contributed by atoms with Crippen LogP contribution in [0.1, 0.15) is 5.56 Å². The van der Waals surface area contributed by atoms with Crippen LogP contribution in [-0.4, -0.2) is 31.2 Å². The van der Waals surface area contributed by atoms with Gasteiger partial charge in [-0.3, -0.25) is 0 Å². The van der Waals surface area contributed by atoms with Gasteiger partial charge in [0.25, 0.3) is 6.43 Å². The Morgan fingerprint density at radius 2 is 2.12 bits per heavy atom. The van der Waals surface area contributed by atoms with E-state index in [2.05, 4.69) is 15.9 Å². The number of rotatable bonds is 6. The van der Waals surface area contributed by atoms with E-state index < -0.39 is 13.0 Å². The van der Waals surface area contributed by atoms with Gasteiger partial charge in [0, 0.05) is 23.2 Å². The molecule has 0 unspecified atom stereocenters. The molecule has 3 N–H and O–H groups in total. The van der Waals surface area contributed by atoms with Gasteiger partial charge in [-0.25, -0.2) is 8.78 Å². The summed E-state index contributed by atoms with van der Waals surface area (Å²) in [6, 6.07) is 5.33. The Hall–Kier alpha value is -0.720. The van der Waals surface area contributed by atoms with Crippen LogP contribution < -0.4 is 10.6 Å². The highest BCUT2D eigenvalue weighted by Gasteiger charge is 2.15. The lowest BCUT2D eigenvalue weighted by atomic mass is 10.1. The van der Waals surface area contributed by atoms with Gasteiger partial charge in [0.2, 0.25) is 0 Å². The minimum Gasteiger partial charge on any atom is -0.395 e. The van der Waals surface area contributed by atoms with Gasteiger partial charge < -0.3 is 15.7 Å². The van der Waals surface area contributed by atoms with Gasteiger partial charge in [-0.2, -0.15) is 0 Å². The predicted molar refractivity (Wildman–Crippen MR) is 67.3 cm³/mol. The quantitative estimate of drug-likeness (QED) is 0.845. The van der Waals surface area contributed by atoms with Crippen molar-refractivity contribution >= 4 is 21.6 Å². The molecule has 0 saturated carbocycles. The molecule has 0 atom stereocenters. The first-order chi connectivity index (χ1) is 8.08. The number of anilines is 1. The van der Waals surface area contributed by atoms with E-state index >= 15 is 0 Å². The van der Waals surface area contributed by atoms with Gasteiger partial charge in [-0.05, 0) is 17.7 Å². The maximum absolute atomic E-state index is 12.5. The second-order valence-corrected chi connectivity index (χ2v) is 4.45. The highest BCUT2D eigenvalue weighted by atomic mass is 79.9. The zero-order valence-electron chi connectivity index (χ0n) is 9.24. The summed E-state index contributed by atoms with van der Waals surface area (Å²) in [5, 5.41) is 8.91. The molecule has 0 amide bonds. The molecule has 0 saturated heterocycles. The van der Waals surface area contributed by atoms with Crippen molar-refractivity contribution in [3.63, 3.8) is 0 Å². The molecule has 0 fully saturated rings. The molecule has 17 heavy (non-hydrogen) atoms. The minimum atomic E-state index is -2.45. The first-order valence-corrected chi connectivity index (χ1v) is 6.00. The van der Waals surface area contributed by atoms with E-state index in [4.69, 9.17) is 10.8 Å². The molecule has 0 radical (unpaired) electrons. The van der Waals surface area contributed by atoms with Crippen LogP contribution in [0.3, 0.4) is 0 Å². The monoisotopic (exact) mass is 308 g/mol. The van der Waals surface area contributed by atoms with Crippen LogP contribution in [0.2, 0.25) is 0 Å². The van der Waals surface area contributed by atoms with Crippen molar-refractivity contribution in [1.29, 1.82) is 0 Å². The average molecular weight is 309 g/mol. The number of hydrogen-bond acceptors (Lipinski definition) is 3. The molecule has 0 aliphatic rings. The van der Waals surface area contributed by atoms with Crippen molar-refractivity contribution in [3.8, 4) is 0 Å². The number of aliphatic hydroxyl groups is 1. The van der Waals surface area contributed by atoms with E-state index in [9.17, 15) is 8.78 Å². The van der Waals surface area contributed by atoms with Gasteiger partial charge in [0.1, 0.15) is 0 Å². The fourth-order valence-corrected chi connectivity index (χ4v) is 1.95. The maximum atomic E-state index is 12.5. The van der Waals surface area contributed by atoms with Crippen LogP contribution in [-0.2, 0) is 6.54 Å². The number of aliphatic hydroxyl groups excluding tert-OH is 1. The number of benzene rings is 1. The molecule has 6 heteroatoms. The molecular weight excluding hydrogens is 294 g/mol. The van der Waals surface area contributed by atoms with Gasteiger partial charge in [0.05, 0.1) is 13.2 Å². The third kappa shape index (κ3) is 4.22. The lowest BCUT2D eigenvalue weighted by Gasteiger charge is -2.26. The molecule has 1 aromatic rings. The molecule has 96 valence electrons. The normalized spacial score (nSPS) is 10.9. The summed E-state index contributed by atoms with van der Waals surface area (Å²) in [7, 11) is 0. The van der Waals surface area contributed by atoms with E-state index in [1.807, 2.05) is 6.07 Å². The predicted octanol–water partition coefficient (Wildman–Crippen LogP) is 1.97. The molecule has 0 heterocycles. The second kappa shape index (κ2) is 6.88. The van der Waals surface area contributed by atoms with Gasteiger partial charge >= 0.3 is 0 Å². The summed E-state index contributed by atoms with van der Waals surface area (Å²) in [6.07, 6.45) is -2.45. The smallest absolute Gasteiger partial charge is 0.255 e. The molecule has 0 spiro atoms. The molecule has 3 nitrogen and oxygen atoms in total. The number of nitrogens with two attached hydrogens (primary N) is 1. The zero-order chi connectivity index (χ0) is 12.8. The Morgan fingerprint density at radius 3 is 2.65 bits per heavy atom. The molecule has 1 aromatic carbocycles. The molecule has 0 aliphatic carbocycles. The standard InChI is InChI=1S/C11H15BrF2N2O/c12-9-2-1-8(6-15)10(5-9)16(3-4-17)7-11(13)14/h1-2,5,11,17H,3-4,6-7,15H2. The van der Waals surface area contributed by atoms with E-state index in [1.165, 1.54) is 4.90 Å². The van der Waals surface area contributed by atoms with Gasteiger partial charge in [-0.1, -0.05) is 22.0 Å². The number of alkyl halides is 2. The lowest BCUT2D eigenvalue weighted by Crippen LogP contribution is -2.32. The Balaban J connectivity index is 3.02. The van der Waals surface area contributed by atoms with Crippen LogP contribution in [0.25, 0.3) is 0 Å². The highest BCUT2D eigenvalue weighted by molar-refractivity contribution is 9.10. The fraction of sp³-hybridized carbons (Fsp3) is 0.455. The Morgan fingerprint density at radius 1 is 1.41 bits per heavy atom. The van der Waals surface area contributed by atoms with Crippen LogP contribution >= 0.6 is 15.9 Å². The van der Waals surface area contributed by atoms with Crippen molar-refractivity contribution in [1.82, 2.24) is 0 Å². The summed E-state index contributed by atoms with van der Waals surface area (Å²) in [5.74, 6) is 0. The van der Waals surface area contributed by atoms with Crippen molar-refractivity contribution in [2.24, 2.45) is 5.73 Å². The zero-order valence-corrected chi connectivity index (χ0v) is 10.8. The maximum Gasteiger partial charge on any atom is 0.255 e. The molecule has 0 aromatic heterocycles. The SMILES string of the molecule is NCc1ccc(Br)cc1N(CCO)CC(F)F. The largest absolute Gasteiger partial charge is 0.395 e. The third-order valence-corrected chi connectivity index (χ3v) is 2.83. The van der Waals surface area contributed by atoms with Gasteiger partial charge in [-0.15, -0.1) is 0 Å². The van der Waals surface area contributed by atoms with E-state index in [1.54, 1.807) is 12.1 Å². The van der Waals surface area contributed by atoms with Crippen LogP contribution in [0, 0.1) is 0 Å². The van der Waals surface area contributed by atoms with Crippen molar-refractivity contribution in [3.05, 3.63) is 28.2 Å². The molecule has 1 rings (SSSR count). The van der Waals surface area contributed by atoms with E-state index in [0.29, 0.717) is 5.69 Å². The lowest BCUT2D eigenvalue weighted by molar-refractivity contribution is 0.152. The Labute approximate surface area is 107 Å². The molecule has 0 bridgehead atoms. The average Bonchev–Trinajstić information content (AvgIpc) is 2.28. The summed E-state index contributed by atoms with van der Waals surface area (Å²) in [5.41, 5.74) is 6.99. The van der Waals surface area contributed by atoms with E-state index in [-0.39, 0.29) is 19.7 Å². The Bertz CT molecular complexity index is 363. The Kier molecular flexibility index (Phi) is 5.80. The van der Waals surface area contributed by atoms with Crippen LogP contribution in [0.15, 0.2) is 22.7 Å². The summed E-state index contributed by atoms with van der Waals surface area (Å²) < 4.78 is 25.7. The second-order valence-electron chi connectivity index (χ2n) is 3.54. The fourth-order valence-electron chi connectivity index (χ4n) is 1.60. The summed E-state index contributed by atoms with van der Waals surface area (Å²) >= 11 is 3.29. The number of halogens is 3. The molecule has 0 aliphatic heterocycles. The van der Waals surface area contributed by atoms with Crippen LogP contribution in [0.4, 0.5) is 14.5 Å². The minimum absolute atomic E-state index is 0.161. The first kappa shape index (κ1) is 14.3. The van der Waals surface area contributed by atoms with E-state index in [0.717, 1.165) is 10.0 Å². The summed E-state index contributed by atoms with van der Waals surface area (Å²) in [6.45, 7) is -0.158. The highest BCUT2D eigenvalue weighted by Crippen LogP contribution is 2.25. The topological polar surface area (TPSA) is 49.5 Å². The number of nitrogens with zero attached hydrogens (tertiary/aromatic N) is 1. The van der Waals surface area contributed by atoms with Gasteiger partial charge in [0.15, 0.2) is 0 Å². The number of hydrogen-bond donors (Lipinski definition) is 2. The van der Waals surface area contributed by atoms with Crippen LogP contribution in [0.5, 0.6) is 0 Å².